The fourth-order valence-electron chi connectivity index (χ4n) is 33.0. The SMILES string of the molecule is O=C(O)C1=CC2=C(C(=O)O)C3=CC4=C(O)c5cc6c(C(=O)O)c7c8c9c6c6c%10c%11c%12c(c56)C45OC54C5=C6C%13=C(C(=O)C%14=C6C6%15OC6(C=%125)C5C(CC6C(=C%12C%16=C%17C%18=C%19C%20=C(CC(C(=O)O)CC%20CC%18CC%16C6C(=O)O)C(O)C6=C%19C(O)(C8=C(C6=O)C(C(=O)O)C=7)C%17C96OC%12%106)C%115O)C(O)C%15CC%14C(=O)O)C(C(=O)O)C(=C2C%13C34O)C1. The zero-order valence-electron chi connectivity index (χ0n) is 57.6. The maximum Gasteiger partial charge on any atom is 0.336 e. The molecular weight excluding hydrogens is 1460 g/mol. The highest BCUT2D eigenvalue weighted by molar-refractivity contribution is 6.31. The summed E-state index contributed by atoms with van der Waals surface area (Å²) >= 11 is 0. The molecule has 27 heteroatoms. The molecule has 113 heavy (non-hydrogen) atoms. The van der Waals surface area contributed by atoms with Gasteiger partial charge in [-0.1, -0.05) is 6.08 Å². The third-order valence-electron chi connectivity index (χ3n) is 35.0. The van der Waals surface area contributed by atoms with Crippen LogP contribution >= 0.6 is 0 Å². The van der Waals surface area contributed by atoms with Gasteiger partial charge in [-0.25, -0.2) is 14.4 Å². The van der Waals surface area contributed by atoms with Gasteiger partial charge in [-0.05, 0) is 191 Å². The highest BCUT2D eigenvalue weighted by atomic mass is 16.7. The number of aliphatic hydroxyl groups is 6. The third-order valence-corrected chi connectivity index (χ3v) is 35.0. The molecule has 3 saturated heterocycles. The number of ketones is 2. The van der Waals surface area contributed by atoms with Crippen molar-refractivity contribution in [2.24, 2.45) is 82.9 Å². The predicted octanol–water partition coefficient (Wildman–Crippen LogP) is 2.16. The monoisotopic (exact) mass is 1510 g/mol. The molecule has 14 N–H and O–H groups in total. The van der Waals surface area contributed by atoms with Crippen LogP contribution in [0, 0.1) is 82.9 Å². The van der Waals surface area contributed by atoms with Gasteiger partial charge in [-0.3, -0.25) is 33.6 Å². The molecule has 25 atom stereocenters. The number of epoxide rings is 3. The van der Waals surface area contributed by atoms with Gasteiger partial charge in [0.2, 0.25) is 0 Å². The lowest BCUT2D eigenvalue weighted by Crippen LogP contribution is -2.76. The average molecular weight is 1510 g/mol. The van der Waals surface area contributed by atoms with Gasteiger partial charge in [0.25, 0.3) is 0 Å². The van der Waals surface area contributed by atoms with E-state index in [1.165, 1.54) is 12.1 Å². The van der Waals surface area contributed by atoms with E-state index in [4.69, 9.17) is 14.2 Å². The Hall–Kier alpha value is -11.1. The fourth-order valence-corrected chi connectivity index (χ4v) is 33.0. The number of aromatic carboxylic acids is 1. The lowest BCUT2D eigenvalue weighted by atomic mass is 9.31. The molecule has 0 aromatic heterocycles. The molecule has 3 aromatic carbocycles. The standard InChI is InChI=1S/C86H48O27/c87-63-23-7-19-33(74(100)101)20-8-24(72(96)97)41-52-40(20)55-36(19)44-38(23)56-49-58-60(44)83-59-37-18(3-13-1-12-2-14(70(92)93)6-22-30(12)43-31(13)47(37)69(84(55,83)112-83)79(52,109)53(43)50(65(22)89)67(41)91)34(75(102)103)21-9-26-64(88)28-10-25(73(98)99)42-57-48-45-46(66(42)90)39(77(106)107)17-5-15(71(94)95)4-16-32(17)54(45)80(110)27(35(16)76(104)105)11-29(63)82(56)86(80,113-82)62(48)61(49)85(81(28,57)111-85)68(26)78(58,108)51(21)59/h4,7-8,11-14,18,21,24-26,28,34,39,54,64-65,68-69,87-89,108-110H,1-3,5-6,9-10H2,(H,92,93)(H,94,95)(H,96,97)(H,98,99)(H,100,101)(H,102,103)(H,104,105)(H,106,107). The number of carbonyl (C=O) groups is 10. The summed E-state index contributed by atoms with van der Waals surface area (Å²) in [4.78, 5) is 151. The van der Waals surface area contributed by atoms with Crippen LogP contribution in [0.15, 0.2) is 152 Å². The van der Waals surface area contributed by atoms with Crippen LogP contribution in [0.25, 0.3) is 44.5 Å². The number of carbonyl (C=O) groups excluding carboxylic acids is 2. The Morgan fingerprint density at radius 1 is 0.558 bits per heavy atom. The molecule has 25 aliphatic carbocycles. The van der Waals surface area contributed by atoms with Crippen LogP contribution in [0.2, 0.25) is 0 Å². The summed E-state index contributed by atoms with van der Waals surface area (Å²) in [5.74, 6) is -35.8. The van der Waals surface area contributed by atoms with E-state index in [2.05, 4.69) is 0 Å². The van der Waals surface area contributed by atoms with E-state index < -0.39 is 268 Å². The molecule has 0 bridgehead atoms. The van der Waals surface area contributed by atoms with Gasteiger partial charge in [0.05, 0.1) is 40.9 Å². The number of carboxylic acids is 8. The normalized spacial score (nSPS) is 46.3. The zero-order chi connectivity index (χ0) is 76.5. The largest absolute Gasteiger partial charge is 0.507 e. The van der Waals surface area contributed by atoms with Crippen molar-refractivity contribution in [3.8, 4) is 0 Å². The summed E-state index contributed by atoms with van der Waals surface area (Å²) in [7, 11) is 0. The molecule has 3 aliphatic heterocycles. The Morgan fingerprint density at radius 2 is 1.33 bits per heavy atom. The molecule has 27 nitrogen and oxygen atoms in total. The van der Waals surface area contributed by atoms with Gasteiger partial charge in [0.1, 0.15) is 57.3 Å². The molecule has 5 fully saturated rings. The summed E-state index contributed by atoms with van der Waals surface area (Å²) in [5.41, 5.74) is -25.1. The number of allylic oxidation sites excluding steroid dienone is 4. The molecule has 0 radical (unpaired) electrons. The van der Waals surface area contributed by atoms with Crippen molar-refractivity contribution in [3.05, 3.63) is 201 Å². The Morgan fingerprint density at radius 3 is 2.04 bits per heavy atom. The Balaban J connectivity index is 0.875. The summed E-state index contributed by atoms with van der Waals surface area (Å²) in [5, 5.41) is 185. The van der Waals surface area contributed by atoms with E-state index >= 15 is 34.5 Å². The zero-order valence-corrected chi connectivity index (χ0v) is 57.6. The second-order valence-corrected chi connectivity index (χ2v) is 37.2. The second kappa shape index (κ2) is 15.5. The number of aliphatic hydroxyl groups excluding tert-OH is 3. The first-order chi connectivity index (χ1) is 53.9. The molecule has 3 heterocycles. The molecule has 3 aromatic rings. The Kier molecular flexibility index (Phi) is 8.17. The van der Waals surface area contributed by atoms with Crippen molar-refractivity contribution in [2.45, 2.75) is 108 Å². The van der Waals surface area contributed by atoms with Crippen LogP contribution in [0.4, 0.5) is 0 Å². The molecular formula is C86H48O27. The maximum atomic E-state index is 17.0. The fraction of sp³-hybridized carbons (Fsp3) is 0.372. The molecule has 554 valence electrons. The van der Waals surface area contributed by atoms with Gasteiger partial charge in [-0.2, -0.15) is 0 Å². The Labute approximate surface area is 626 Å². The first-order valence-electron chi connectivity index (χ1n) is 38.5. The molecule has 6 spiro atoms. The van der Waals surface area contributed by atoms with E-state index in [-0.39, 0.29) is 170 Å². The predicted molar refractivity (Wildman–Crippen MR) is 365 cm³/mol. The van der Waals surface area contributed by atoms with Crippen molar-refractivity contribution in [1.82, 2.24) is 0 Å². The average Bonchev–Trinajstić information content (AvgIpc) is 1.38. The van der Waals surface area contributed by atoms with Crippen molar-refractivity contribution < 1.29 is 134 Å². The van der Waals surface area contributed by atoms with Crippen molar-refractivity contribution in [1.29, 1.82) is 0 Å². The number of aliphatic carboxylic acids is 7. The molecule has 2 saturated carbocycles. The smallest absolute Gasteiger partial charge is 0.336 e. The Bertz CT molecular complexity index is 7120. The lowest BCUT2D eigenvalue weighted by Gasteiger charge is -2.70. The van der Waals surface area contributed by atoms with Crippen molar-refractivity contribution >= 4 is 104 Å². The lowest BCUT2D eigenvalue weighted by molar-refractivity contribution is -0.163. The third kappa shape index (κ3) is 4.52. The minimum atomic E-state index is -2.92. The van der Waals surface area contributed by atoms with Crippen LogP contribution in [0.1, 0.15) is 88.7 Å². The summed E-state index contributed by atoms with van der Waals surface area (Å²) < 4.78 is 24.3. The number of benzene rings is 3. The van der Waals surface area contributed by atoms with E-state index in [1.807, 2.05) is 0 Å². The highest BCUT2D eigenvalue weighted by Gasteiger charge is 3.02. The number of ether oxygens (including phenoxy) is 3. The summed E-state index contributed by atoms with van der Waals surface area (Å²) in [6.07, 6.45) is -1.94. The quantitative estimate of drug-likeness (QED) is 0.113. The topological polar surface area (TPSA) is 492 Å². The summed E-state index contributed by atoms with van der Waals surface area (Å²) in [6, 6.07) is 1.41. The first-order valence-corrected chi connectivity index (χ1v) is 38.5. The first kappa shape index (κ1) is 59.6. The number of Topliss-reactive ketones (excluding diaryl/α,β-unsaturated/α-hetero) is 2. The second-order valence-electron chi connectivity index (χ2n) is 37.2. The van der Waals surface area contributed by atoms with E-state index in [9.17, 15) is 84.9 Å². The van der Waals surface area contributed by atoms with E-state index in [1.54, 1.807) is 0 Å². The minimum absolute atomic E-state index is 0.00251. The van der Waals surface area contributed by atoms with Gasteiger partial charge in [-0.15, -0.1) is 0 Å². The van der Waals surface area contributed by atoms with Crippen molar-refractivity contribution in [3.63, 3.8) is 0 Å². The molecule has 28 aliphatic rings. The van der Waals surface area contributed by atoms with Crippen LogP contribution in [0.3, 0.4) is 0 Å². The minimum Gasteiger partial charge on any atom is -0.507 e. The number of carboxylic acid groups (broad SMARTS) is 8. The van der Waals surface area contributed by atoms with Crippen LogP contribution in [-0.2, 0) is 79.8 Å². The highest BCUT2D eigenvalue weighted by Crippen LogP contribution is 2.96. The van der Waals surface area contributed by atoms with Crippen LogP contribution < -0.4 is 10.4 Å². The summed E-state index contributed by atoms with van der Waals surface area (Å²) in [6.45, 7) is 0. The van der Waals surface area contributed by atoms with Gasteiger partial charge >= 0.3 is 47.8 Å². The van der Waals surface area contributed by atoms with E-state index in [0.717, 1.165) is 12.2 Å². The van der Waals surface area contributed by atoms with Crippen LogP contribution in [0.5, 0.6) is 0 Å². The van der Waals surface area contributed by atoms with Gasteiger partial charge in [0.15, 0.2) is 28.4 Å². The van der Waals surface area contributed by atoms with E-state index in [0.29, 0.717) is 33.4 Å². The number of hydrogen-bond acceptors (Lipinski definition) is 19. The maximum absolute atomic E-state index is 17.0. The van der Waals surface area contributed by atoms with Crippen LogP contribution in [-0.4, -0.2) is 171 Å². The number of hydrogen-bond donors (Lipinski definition) is 14. The van der Waals surface area contributed by atoms with Crippen molar-refractivity contribution in [2.75, 3.05) is 0 Å². The molecule has 31 rings (SSSR count). The number of rotatable bonds is 8. The molecule has 0 amide bonds. The van der Waals surface area contributed by atoms with Gasteiger partial charge in [0, 0.05) is 124 Å². The molecule has 25 unspecified atom stereocenters. The van der Waals surface area contributed by atoms with Gasteiger partial charge < -0.3 is 85.7 Å².